The summed E-state index contributed by atoms with van der Waals surface area (Å²) < 4.78 is 2.49. The Morgan fingerprint density at radius 2 is 2.25 bits per heavy atom. The van der Waals surface area contributed by atoms with Crippen LogP contribution in [0, 0.1) is 0 Å². The van der Waals surface area contributed by atoms with E-state index in [2.05, 4.69) is 36.0 Å². The third-order valence-electron chi connectivity index (χ3n) is 2.32. The number of rotatable bonds is 1. The lowest BCUT2D eigenvalue weighted by molar-refractivity contribution is 0.768. The molecule has 80 valence electrons. The average molecular weight is 278 g/mol. The summed E-state index contributed by atoms with van der Waals surface area (Å²) in [6.45, 7) is 0. The number of hydrogen-bond donors (Lipinski definition) is 1. The third-order valence-corrected chi connectivity index (χ3v) is 2.70. The van der Waals surface area contributed by atoms with Crippen LogP contribution in [0.25, 0.3) is 22.4 Å². The Labute approximate surface area is 99.7 Å². The number of H-pyrrole nitrogens is 1. The number of nitrogens with zero attached hydrogens (tertiary/aromatic N) is 4. The van der Waals surface area contributed by atoms with Crippen molar-refractivity contribution in [1.82, 2.24) is 24.7 Å². The topological polar surface area (TPSA) is 59.4 Å². The van der Waals surface area contributed by atoms with E-state index in [1.807, 2.05) is 19.3 Å². The smallest absolute Gasteiger partial charge is 0.156 e. The van der Waals surface area contributed by atoms with Gasteiger partial charge in [0.2, 0.25) is 0 Å². The van der Waals surface area contributed by atoms with Crippen molar-refractivity contribution in [2.75, 3.05) is 0 Å². The van der Waals surface area contributed by atoms with Crippen LogP contribution >= 0.6 is 15.9 Å². The first kappa shape index (κ1) is 9.53. The predicted molar refractivity (Wildman–Crippen MR) is 63.8 cm³/mol. The fourth-order valence-electron chi connectivity index (χ4n) is 1.59. The van der Waals surface area contributed by atoms with Crippen molar-refractivity contribution in [2.24, 2.45) is 7.05 Å². The molecule has 0 aromatic carbocycles. The van der Waals surface area contributed by atoms with E-state index in [1.165, 1.54) is 0 Å². The first-order valence-electron chi connectivity index (χ1n) is 4.72. The Bertz CT molecular complexity index is 654. The number of aromatic nitrogens is 5. The number of halogens is 1. The molecule has 0 fully saturated rings. The van der Waals surface area contributed by atoms with Crippen LogP contribution in [0.4, 0.5) is 0 Å². The van der Waals surface area contributed by atoms with Crippen molar-refractivity contribution < 1.29 is 0 Å². The fourth-order valence-corrected chi connectivity index (χ4v) is 1.89. The minimum atomic E-state index is 0.733. The Morgan fingerprint density at radius 1 is 1.38 bits per heavy atom. The van der Waals surface area contributed by atoms with Gasteiger partial charge in [-0.2, -0.15) is 5.10 Å². The minimum absolute atomic E-state index is 0.733. The molecule has 6 heteroatoms. The molecule has 5 nitrogen and oxygen atoms in total. The first-order chi connectivity index (χ1) is 7.72. The normalized spacial score (nSPS) is 11.1. The number of hydrogen-bond acceptors (Lipinski definition) is 3. The van der Waals surface area contributed by atoms with Gasteiger partial charge in [0, 0.05) is 18.8 Å². The molecule has 3 heterocycles. The monoisotopic (exact) mass is 277 g/mol. The molecule has 0 aliphatic rings. The highest BCUT2D eigenvalue weighted by atomic mass is 79.9. The lowest BCUT2D eigenvalue weighted by Gasteiger charge is -1.88. The van der Waals surface area contributed by atoms with E-state index in [0.717, 1.165) is 27.0 Å². The van der Waals surface area contributed by atoms with Gasteiger partial charge in [0.1, 0.15) is 10.1 Å². The number of fused-ring (bicyclic) bond motifs is 1. The molecule has 0 radical (unpaired) electrons. The molecular formula is C10H8BrN5. The molecule has 0 saturated carbocycles. The molecule has 3 rings (SSSR count). The molecule has 0 aliphatic carbocycles. The van der Waals surface area contributed by atoms with Gasteiger partial charge in [0.25, 0.3) is 0 Å². The highest BCUT2D eigenvalue weighted by molar-refractivity contribution is 9.10. The summed E-state index contributed by atoms with van der Waals surface area (Å²) in [6, 6.07) is 1.96. The Morgan fingerprint density at radius 3 is 3.00 bits per heavy atom. The van der Waals surface area contributed by atoms with Crippen molar-refractivity contribution in [2.45, 2.75) is 0 Å². The standard InChI is InChI=1S/C10H8BrN5/c1-16-5-6(3-13-16)7-2-8-10(15-7)12-4-9(11)14-8/h2-5H,1H3,(H,12,15). The molecule has 0 saturated heterocycles. The largest absolute Gasteiger partial charge is 0.338 e. The van der Waals surface area contributed by atoms with E-state index in [1.54, 1.807) is 17.1 Å². The summed E-state index contributed by atoms with van der Waals surface area (Å²) in [4.78, 5) is 11.8. The molecule has 3 aromatic heterocycles. The van der Waals surface area contributed by atoms with Crippen molar-refractivity contribution in [3.8, 4) is 11.3 Å². The van der Waals surface area contributed by atoms with Gasteiger partial charge in [-0.1, -0.05) is 0 Å². The van der Waals surface area contributed by atoms with Crippen LogP contribution in [0.2, 0.25) is 0 Å². The molecule has 0 atom stereocenters. The lowest BCUT2D eigenvalue weighted by atomic mass is 10.3. The van der Waals surface area contributed by atoms with Gasteiger partial charge >= 0.3 is 0 Å². The maximum Gasteiger partial charge on any atom is 0.156 e. The SMILES string of the molecule is Cn1cc(-c2cc3nc(Br)cnc3[nH]2)cn1. The summed E-state index contributed by atoms with van der Waals surface area (Å²) in [5.74, 6) is 0. The third kappa shape index (κ3) is 1.51. The molecule has 0 amide bonds. The Hall–Kier alpha value is -1.69. The Kier molecular flexibility index (Phi) is 2.03. The first-order valence-corrected chi connectivity index (χ1v) is 5.52. The van der Waals surface area contributed by atoms with E-state index < -0.39 is 0 Å². The number of nitrogens with one attached hydrogen (secondary N) is 1. The molecule has 1 N–H and O–H groups in total. The van der Waals surface area contributed by atoms with E-state index in [0.29, 0.717) is 0 Å². The van der Waals surface area contributed by atoms with Gasteiger partial charge in [-0.15, -0.1) is 0 Å². The van der Waals surface area contributed by atoms with Gasteiger partial charge in [0.15, 0.2) is 5.65 Å². The van der Waals surface area contributed by atoms with Gasteiger partial charge < -0.3 is 4.98 Å². The maximum atomic E-state index is 4.32. The fraction of sp³-hybridized carbons (Fsp3) is 0.100. The van der Waals surface area contributed by atoms with Gasteiger partial charge in [-0.25, -0.2) is 9.97 Å². The van der Waals surface area contributed by atoms with Crippen LogP contribution in [-0.2, 0) is 7.05 Å². The maximum absolute atomic E-state index is 4.32. The van der Waals surface area contributed by atoms with Crippen LogP contribution in [0.15, 0.2) is 29.3 Å². The summed E-state index contributed by atoms with van der Waals surface area (Å²) in [5, 5.41) is 4.13. The molecule has 0 spiro atoms. The van der Waals surface area contributed by atoms with Gasteiger partial charge in [0.05, 0.1) is 18.1 Å². The number of aromatic amines is 1. The second-order valence-electron chi connectivity index (χ2n) is 3.51. The molecule has 16 heavy (non-hydrogen) atoms. The second-order valence-corrected chi connectivity index (χ2v) is 4.32. The molecule has 3 aromatic rings. The zero-order chi connectivity index (χ0) is 11.1. The summed E-state index contributed by atoms with van der Waals surface area (Å²) in [5.41, 5.74) is 3.62. The molecular weight excluding hydrogens is 270 g/mol. The Balaban J connectivity index is 2.18. The lowest BCUT2D eigenvalue weighted by Crippen LogP contribution is -1.84. The summed E-state index contributed by atoms with van der Waals surface area (Å²) in [7, 11) is 1.89. The van der Waals surface area contributed by atoms with Crippen molar-refractivity contribution in [3.63, 3.8) is 0 Å². The molecule has 0 bridgehead atoms. The highest BCUT2D eigenvalue weighted by Crippen LogP contribution is 2.22. The van der Waals surface area contributed by atoms with E-state index in [9.17, 15) is 0 Å². The summed E-state index contributed by atoms with van der Waals surface area (Å²) >= 11 is 3.30. The van der Waals surface area contributed by atoms with Crippen LogP contribution in [-0.4, -0.2) is 24.7 Å². The molecule has 0 aliphatic heterocycles. The van der Waals surface area contributed by atoms with Crippen molar-refractivity contribution in [1.29, 1.82) is 0 Å². The zero-order valence-electron chi connectivity index (χ0n) is 8.48. The quantitative estimate of drug-likeness (QED) is 0.741. The zero-order valence-corrected chi connectivity index (χ0v) is 10.1. The van der Waals surface area contributed by atoms with Crippen LogP contribution in [0.5, 0.6) is 0 Å². The van der Waals surface area contributed by atoms with Crippen LogP contribution < -0.4 is 0 Å². The van der Waals surface area contributed by atoms with Crippen LogP contribution in [0.1, 0.15) is 0 Å². The van der Waals surface area contributed by atoms with Gasteiger partial charge in [-0.05, 0) is 22.0 Å². The van der Waals surface area contributed by atoms with E-state index in [4.69, 9.17) is 0 Å². The second kappa shape index (κ2) is 3.41. The average Bonchev–Trinajstić information content (AvgIpc) is 2.83. The number of aryl methyl sites for hydroxylation is 1. The van der Waals surface area contributed by atoms with Crippen molar-refractivity contribution in [3.05, 3.63) is 29.3 Å². The predicted octanol–water partition coefficient (Wildman–Crippen LogP) is 2.12. The van der Waals surface area contributed by atoms with Crippen LogP contribution in [0.3, 0.4) is 0 Å². The molecule has 0 unspecified atom stereocenters. The highest BCUT2D eigenvalue weighted by Gasteiger charge is 2.06. The summed E-state index contributed by atoms with van der Waals surface area (Å²) in [6.07, 6.45) is 5.42. The van der Waals surface area contributed by atoms with E-state index >= 15 is 0 Å². The van der Waals surface area contributed by atoms with Gasteiger partial charge in [-0.3, -0.25) is 4.68 Å². The van der Waals surface area contributed by atoms with Crippen molar-refractivity contribution >= 4 is 27.1 Å². The van der Waals surface area contributed by atoms with E-state index in [-0.39, 0.29) is 0 Å². The minimum Gasteiger partial charge on any atom is -0.338 e.